The predicted molar refractivity (Wildman–Crippen MR) is 135 cm³/mol. The van der Waals surface area contributed by atoms with Crippen molar-refractivity contribution in [1.29, 1.82) is 0 Å². The highest BCUT2D eigenvalue weighted by Crippen LogP contribution is 2.34. The first kappa shape index (κ1) is 36.3. The molecule has 1 N–H and O–H groups in total. The molecule has 0 unspecified atom stereocenters. The lowest BCUT2D eigenvalue weighted by molar-refractivity contribution is -0.377. The third-order valence-electron chi connectivity index (χ3n) is 5.89. The molecule has 0 spiro atoms. The summed E-state index contributed by atoms with van der Waals surface area (Å²) in [6.45, 7) is 6.14. The van der Waals surface area contributed by atoms with Crippen molar-refractivity contribution in [3.8, 4) is 0 Å². The predicted octanol–water partition coefficient (Wildman–Crippen LogP) is -1.40. The van der Waals surface area contributed by atoms with Crippen molar-refractivity contribution in [2.45, 2.75) is 110 Å². The second-order valence-electron chi connectivity index (χ2n) is 9.69. The van der Waals surface area contributed by atoms with Crippen LogP contribution in [0.15, 0.2) is 0 Å². The molecule has 0 saturated carbocycles. The van der Waals surface area contributed by atoms with E-state index >= 15 is 0 Å². The van der Waals surface area contributed by atoms with Crippen LogP contribution in [0, 0.1) is 0 Å². The molecule has 2 aliphatic heterocycles. The molecule has 0 radical (unpaired) electrons. The average molecular weight is 637 g/mol. The van der Waals surface area contributed by atoms with E-state index < -0.39 is 116 Å². The summed E-state index contributed by atoms with van der Waals surface area (Å²) in [7, 11) is 0. The second-order valence-corrected chi connectivity index (χ2v) is 9.69. The van der Waals surface area contributed by atoms with Crippen molar-refractivity contribution in [1.82, 2.24) is 0 Å². The van der Waals surface area contributed by atoms with E-state index in [2.05, 4.69) is 0 Å². The van der Waals surface area contributed by atoms with Crippen molar-refractivity contribution < 1.29 is 86.0 Å². The molecule has 2 aliphatic rings. The van der Waals surface area contributed by atoms with Crippen molar-refractivity contribution in [2.24, 2.45) is 0 Å². The molecule has 18 heteroatoms. The van der Waals surface area contributed by atoms with Crippen LogP contribution < -0.4 is 0 Å². The van der Waals surface area contributed by atoms with Gasteiger partial charge in [0.25, 0.3) is 0 Å². The van der Waals surface area contributed by atoms with Gasteiger partial charge < -0.3 is 52.5 Å². The first-order valence-electron chi connectivity index (χ1n) is 13.3. The molecule has 0 aliphatic carbocycles. The van der Waals surface area contributed by atoms with Crippen molar-refractivity contribution in [3.63, 3.8) is 0 Å². The smallest absolute Gasteiger partial charge is 0.303 e. The fraction of sp³-hybridized carbons (Fsp3) is 0.731. The maximum absolute atomic E-state index is 12.1. The fourth-order valence-electron chi connectivity index (χ4n) is 4.41. The Morgan fingerprint density at radius 2 is 0.818 bits per heavy atom. The van der Waals surface area contributed by atoms with Crippen molar-refractivity contribution in [2.75, 3.05) is 13.2 Å². The third-order valence-corrected chi connectivity index (χ3v) is 5.89. The Morgan fingerprint density at radius 3 is 1.25 bits per heavy atom. The number of hydrogen-bond donors (Lipinski definition) is 1. The maximum atomic E-state index is 12.1. The van der Waals surface area contributed by atoms with Crippen molar-refractivity contribution >= 4 is 41.8 Å². The zero-order valence-electron chi connectivity index (χ0n) is 25.1. The molecule has 44 heavy (non-hydrogen) atoms. The number of rotatable bonds is 11. The summed E-state index contributed by atoms with van der Waals surface area (Å²) in [6.07, 6.45) is -16.3. The molecule has 2 heterocycles. The van der Waals surface area contributed by atoms with E-state index in [0.717, 1.165) is 48.5 Å². The molecule has 0 amide bonds. The number of carbonyl (C=O) groups excluding carboxylic acids is 7. The van der Waals surface area contributed by atoms with Crippen LogP contribution in [0.25, 0.3) is 0 Å². The van der Waals surface area contributed by atoms with Gasteiger partial charge in [-0.2, -0.15) is 0 Å². The van der Waals surface area contributed by atoms with Crippen LogP contribution in [0.3, 0.4) is 0 Å². The van der Waals surface area contributed by atoms with E-state index in [-0.39, 0.29) is 0 Å². The Labute approximate surface area is 251 Å². The number of aliphatic hydroxyl groups excluding tert-OH is 1. The number of esters is 7. The zero-order valence-corrected chi connectivity index (χ0v) is 25.1. The van der Waals surface area contributed by atoms with Crippen LogP contribution in [0.4, 0.5) is 0 Å². The van der Waals surface area contributed by atoms with Gasteiger partial charge in [-0.15, -0.1) is 0 Å². The van der Waals surface area contributed by atoms with Gasteiger partial charge in [0.05, 0.1) is 0 Å². The van der Waals surface area contributed by atoms with E-state index in [9.17, 15) is 38.7 Å². The first-order valence-corrected chi connectivity index (χ1v) is 13.3. The highest BCUT2D eigenvalue weighted by molar-refractivity contribution is 5.69. The van der Waals surface area contributed by atoms with Crippen LogP contribution in [0.1, 0.15) is 48.5 Å². The van der Waals surface area contributed by atoms with E-state index in [0.29, 0.717) is 0 Å². The Morgan fingerprint density at radius 1 is 0.477 bits per heavy atom. The van der Waals surface area contributed by atoms with E-state index in [1.54, 1.807) is 0 Å². The molecular weight excluding hydrogens is 600 g/mol. The SMILES string of the molecule is CC(=O)OC[C@H]1O[C@H](O[C@@H]2O[C@H](COC(C)=O)[C@H](OC(C)=O)[C@H](OC(C)=O)[C@H]2OC(C)=O)[C@H](OC(C)=O)[C@@H](OC(C)=O)[C@@H]1O. The third kappa shape index (κ3) is 10.7. The normalized spacial score (nSPS) is 31.5. The Bertz CT molecular complexity index is 1090. The topological polar surface area (TPSA) is 232 Å². The van der Waals surface area contributed by atoms with Gasteiger partial charge in [-0.1, -0.05) is 0 Å². The van der Waals surface area contributed by atoms with Gasteiger partial charge in [0, 0.05) is 48.5 Å². The van der Waals surface area contributed by atoms with Crippen LogP contribution in [-0.2, 0) is 80.9 Å². The highest BCUT2D eigenvalue weighted by Gasteiger charge is 2.56. The van der Waals surface area contributed by atoms with Gasteiger partial charge in [-0.3, -0.25) is 33.6 Å². The van der Waals surface area contributed by atoms with Gasteiger partial charge in [0.2, 0.25) is 12.6 Å². The zero-order chi connectivity index (χ0) is 33.3. The van der Waals surface area contributed by atoms with E-state index in [4.69, 9.17) is 47.4 Å². The van der Waals surface area contributed by atoms with Gasteiger partial charge in [-0.05, 0) is 0 Å². The molecule has 0 aromatic heterocycles. The van der Waals surface area contributed by atoms with Crippen LogP contribution in [0.5, 0.6) is 0 Å². The number of aliphatic hydroxyl groups is 1. The van der Waals surface area contributed by atoms with Crippen LogP contribution in [-0.4, -0.2) is 122 Å². The van der Waals surface area contributed by atoms with E-state index in [1.165, 1.54) is 0 Å². The summed E-state index contributed by atoms with van der Waals surface area (Å²) >= 11 is 0. The second kappa shape index (κ2) is 16.3. The minimum Gasteiger partial charge on any atom is -0.463 e. The number of hydrogen-bond acceptors (Lipinski definition) is 18. The molecular formula is C26H36O18. The summed E-state index contributed by atoms with van der Waals surface area (Å²) in [5.41, 5.74) is 0. The average Bonchev–Trinajstić information content (AvgIpc) is 2.87. The molecule has 2 fully saturated rings. The van der Waals surface area contributed by atoms with Gasteiger partial charge >= 0.3 is 41.8 Å². The lowest BCUT2D eigenvalue weighted by Crippen LogP contribution is -2.66. The van der Waals surface area contributed by atoms with Gasteiger partial charge in [-0.25, -0.2) is 0 Å². The highest BCUT2D eigenvalue weighted by atomic mass is 16.8. The fourth-order valence-corrected chi connectivity index (χ4v) is 4.41. The monoisotopic (exact) mass is 636 g/mol. The Balaban J connectivity index is 2.61. The Kier molecular flexibility index (Phi) is 13.4. The summed E-state index contributed by atoms with van der Waals surface area (Å²) < 4.78 is 54.0. The maximum Gasteiger partial charge on any atom is 0.303 e. The van der Waals surface area contributed by atoms with E-state index in [1.807, 2.05) is 0 Å². The summed E-state index contributed by atoms with van der Waals surface area (Å²) in [5.74, 6) is -6.00. The Hall–Kier alpha value is -3.87. The van der Waals surface area contributed by atoms with Gasteiger partial charge in [0.1, 0.15) is 31.5 Å². The minimum atomic E-state index is -1.80. The summed E-state index contributed by atoms with van der Waals surface area (Å²) in [6, 6.07) is 0. The molecule has 0 aromatic carbocycles. The largest absolute Gasteiger partial charge is 0.463 e. The molecule has 2 rings (SSSR count). The molecule has 2 saturated heterocycles. The summed E-state index contributed by atoms with van der Waals surface area (Å²) in [4.78, 5) is 83.2. The molecule has 0 bridgehead atoms. The minimum absolute atomic E-state index is 0.569. The molecule has 0 aromatic rings. The lowest BCUT2D eigenvalue weighted by Gasteiger charge is -2.47. The molecule has 248 valence electrons. The van der Waals surface area contributed by atoms with Crippen LogP contribution >= 0.6 is 0 Å². The van der Waals surface area contributed by atoms with Crippen molar-refractivity contribution in [3.05, 3.63) is 0 Å². The van der Waals surface area contributed by atoms with Gasteiger partial charge in [0.15, 0.2) is 30.5 Å². The summed E-state index contributed by atoms with van der Waals surface area (Å²) in [5, 5.41) is 10.9. The standard InChI is InChI=1S/C26H36O18/c1-10(27)35-8-17-19(34)21(38-13(4)30)23(40-15(6)32)25(42-17)44-26-24(41-16(7)33)22(39-14(5)31)20(37-12(3)29)18(43-26)9-36-11(2)28/h17-26,34H,8-9H2,1-7H3/t17-,18-,19-,20+,21+,22+,23-,24-,25-,26+/m1/s1. The first-order chi connectivity index (χ1) is 20.5. The quantitative estimate of drug-likeness (QED) is 0.203. The molecule has 10 atom stereocenters. The lowest BCUT2D eigenvalue weighted by atomic mass is 9.97. The number of ether oxygens (including phenoxy) is 10. The number of carbonyl (C=O) groups is 7. The van der Waals surface area contributed by atoms with Crippen LogP contribution in [0.2, 0.25) is 0 Å². The molecule has 18 nitrogen and oxygen atoms in total.